The van der Waals surface area contributed by atoms with Crippen molar-refractivity contribution in [1.29, 1.82) is 5.26 Å². The maximum absolute atomic E-state index is 13.5. The Kier molecular flexibility index (Phi) is 6.38. The Labute approximate surface area is 194 Å². The Morgan fingerprint density at radius 3 is 2.48 bits per heavy atom. The zero-order valence-electron chi connectivity index (χ0n) is 18.7. The molecule has 0 radical (unpaired) electrons. The van der Waals surface area contributed by atoms with E-state index in [-0.39, 0.29) is 22.6 Å². The number of nitrogens with one attached hydrogen (secondary N) is 1. The first-order chi connectivity index (χ1) is 15.8. The fraction of sp³-hybridized carbons (Fsp3) is 0.375. The minimum atomic E-state index is -3.66. The van der Waals surface area contributed by atoms with Crippen molar-refractivity contribution in [2.24, 2.45) is 10.9 Å². The molecule has 1 fully saturated rings. The van der Waals surface area contributed by atoms with Gasteiger partial charge in [0.05, 0.1) is 16.5 Å². The number of carbonyl (C=O) groups excluding carboxylic acids is 1. The lowest BCUT2D eigenvalue weighted by Crippen LogP contribution is -2.43. The second-order valence-corrected chi connectivity index (χ2v) is 10.2. The molecule has 1 N–H and O–H groups in total. The van der Waals surface area contributed by atoms with Crippen molar-refractivity contribution in [2.45, 2.75) is 31.2 Å². The second-order valence-electron chi connectivity index (χ2n) is 8.59. The normalized spacial score (nSPS) is 19.5. The third kappa shape index (κ3) is 4.71. The van der Waals surface area contributed by atoms with Crippen LogP contribution in [0.5, 0.6) is 0 Å². The predicted molar refractivity (Wildman–Crippen MR) is 126 cm³/mol. The molecule has 2 aliphatic rings. The topological polar surface area (TPSA) is 106 Å². The van der Waals surface area contributed by atoms with Crippen LogP contribution in [0.2, 0.25) is 0 Å². The summed E-state index contributed by atoms with van der Waals surface area (Å²) in [6.07, 6.45) is 0.808. The SMILES string of the molecule is CC(C)[C@H](N=C1NS(=O)(=O)c2ccccc21)C(=O)N1CCCN(c2ccc(C#N)cc2)CC1. The molecule has 0 unspecified atom stereocenters. The first kappa shape index (κ1) is 22.8. The van der Waals surface area contributed by atoms with E-state index < -0.39 is 16.1 Å². The van der Waals surface area contributed by atoms with E-state index in [1.165, 1.54) is 0 Å². The van der Waals surface area contributed by atoms with Gasteiger partial charge in [-0.15, -0.1) is 0 Å². The van der Waals surface area contributed by atoms with Gasteiger partial charge in [0.2, 0.25) is 5.91 Å². The van der Waals surface area contributed by atoms with E-state index in [1.54, 1.807) is 36.4 Å². The average Bonchev–Trinajstić information content (AvgIpc) is 2.96. The molecular formula is C24H27N5O3S. The number of fused-ring (bicyclic) bond motifs is 1. The Balaban J connectivity index is 1.52. The molecule has 1 amide bonds. The Hall–Kier alpha value is -3.38. The van der Waals surface area contributed by atoms with E-state index in [1.807, 2.05) is 30.9 Å². The fourth-order valence-electron chi connectivity index (χ4n) is 4.19. The van der Waals surface area contributed by atoms with Gasteiger partial charge in [-0.2, -0.15) is 5.26 Å². The molecule has 9 heteroatoms. The van der Waals surface area contributed by atoms with Crippen LogP contribution in [0.3, 0.4) is 0 Å². The van der Waals surface area contributed by atoms with Crippen molar-refractivity contribution in [3.63, 3.8) is 0 Å². The van der Waals surface area contributed by atoms with Crippen LogP contribution in [-0.2, 0) is 14.8 Å². The highest BCUT2D eigenvalue weighted by Gasteiger charge is 2.34. The van der Waals surface area contributed by atoms with Gasteiger partial charge in [-0.1, -0.05) is 26.0 Å². The van der Waals surface area contributed by atoms with Gasteiger partial charge in [-0.25, -0.2) is 8.42 Å². The van der Waals surface area contributed by atoms with Gasteiger partial charge in [0.1, 0.15) is 11.9 Å². The van der Waals surface area contributed by atoms with Crippen LogP contribution in [0, 0.1) is 17.2 Å². The van der Waals surface area contributed by atoms with E-state index in [0.717, 1.165) is 18.7 Å². The lowest BCUT2D eigenvalue weighted by Gasteiger charge is -2.27. The van der Waals surface area contributed by atoms with Gasteiger partial charge in [-0.3, -0.25) is 14.5 Å². The molecule has 0 aliphatic carbocycles. The van der Waals surface area contributed by atoms with Gasteiger partial charge in [-0.05, 0) is 48.7 Å². The number of sulfonamides is 1. The van der Waals surface area contributed by atoms with E-state index in [2.05, 4.69) is 20.7 Å². The van der Waals surface area contributed by atoms with Crippen LogP contribution in [0.4, 0.5) is 5.69 Å². The van der Waals surface area contributed by atoms with Gasteiger partial charge in [0, 0.05) is 37.4 Å². The maximum Gasteiger partial charge on any atom is 0.263 e. The number of anilines is 1. The number of hydrogen-bond acceptors (Lipinski definition) is 6. The molecule has 2 heterocycles. The highest BCUT2D eigenvalue weighted by atomic mass is 32.2. The van der Waals surface area contributed by atoms with Crippen molar-refractivity contribution in [3.05, 3.63) is 59.7 Å². The van der Waals surface area contributed by atoms with E-state index in [9.17, 15) is 13.2 Å². The number of amides is 1. The van der Waals surface area contributed by atoms with E-state index in [4.69, 9.17) is 5.26 Å². The van der Waals surface area contributed by atoms with Crippen molar-refractivity contribution >= 4 is 27.5 Å². The minimum Gasteiger partial charge on any atom is -0.370 e. The highest BCUT2D eigenvalue weighted by Crippen LogP contribution is 2.24. The zero-order valence-corrected chi connectivity index (χ0v) is 19.5. The summed E-state index contributed by atoms with van der Waals surface area (Å²) < 4.78 is 27.4. The number of amidine groups is 1. The first-order valence-corrected chi connectivity index (χ1v) is 12.5. The summed E-state index contributed by atoms with van der Waals surface area (Å²) in [6, 6.07) is 15.6. The summed E-state index contributed by atoms with van der Waals surface area (Å²) in [5.74, 6) is 0.0367. The standard InChI is InChI=1S/C24H27N5O3S/c1-17(2)22(26-23-20-6-3-4-7-21(20)33(31,32)27-23)24(30)29-13-5-12-28(14-15-29)19-10-8-18(16-25)9-11-19/h3-4,6-11,17,22H,5,12-15H2,1-2H3,(H,26,27)/t22-/m0/s1. The van der Waals surface area contributed by atoms with Crippen LogP contribution >= 0.6 is 0 Å². The number of aliphatic imine (C=N–C) groups is 1. The van der Waals surface area contributed by atoms with Crippen LogP contribution < -0.4 is 9.62 Å². The summed E-state index contributed by atoms with van der Waals surface area (Å²) >= 11 is 0. The monoisotopic (exact) mass is 465 g/mol. The Morgan fingerprint density at radius 1 is 1.06 bits per heavy atom. The number of rotatable bonds is 4. The summed E-state index contributed by atoms with van der Waals surface area (Å²) in [7, 11) is -3.66. The van der Waals surface area contributed by atoms with Crippen molar-refractivity contribution in [2.75, 3.05) is 31.1 Å². The quantitative estimate of drug-likeness (QED) is 0.746. The highest BCUT2D eigenvalue weighted by molar-refractivity contribution is 7.90. The molecule has 1 atom stereocenters. The molecular weight excluding hydrogens is 438 g/mol. The van der Waals surface area contributed by atoms with Gasteiger partial charge in [0.15, 0.2) is 0 Å². The first-order valence-electron chi connectivity index (χ1n) is 11.0. The molecule has 0 saturated carbocycles. The van der Waals surface area contributed by atoms with Crippen LogP contribution in [0.1, 0.15) is 31.4 Å². The molecule has 0 bridgehead atoms. The smallest absolute Gasteiger partial charge is 0.263 e. The maximum atomic E-state index is 13.5. The summed E-state index contributed by atoms with van der Waals surface area (Å²) in [4.78, 5) is 22.3. The molecule has 0 spiro atoms. The molecule has 2 aliphatic heterocycles. The number of nitrogens with zero attached hydrogens (tertiary/aromatic N) is 4. The predicted octanol–water partition coefficient (Wildman–Crippen LogP) is 2.36. The average molecular weight is 466 g/mol. The molecule has 172 valence electrons. The van der Waals surface area contributed by atoms with Crippen LogP contribution in [0.25, 0.3) is 0 Å². The number of nitriles is 1. The minimum absolute atomic E-state index is 0.0947. The molecule has 2 aromatic carbocycles. The number of carbonyl (C=O) groups is 1. The van der Waals surface area contributed by atoms with Crippen molar-refractivity contribution in [3.8, 4) is 6.07 Å². The van der Waals surface area contributed by atoms with E-state index in [0.29, 0.717) is 30.8 Å². The van der Waals surface area contributed by atoms with Crippen molar-refractivity contribution < 1.29 is 13.2 Å². The van der Waals surface area contributed by atoms with Gasteiger partial charge < -0.3 is 9.80 Å². The third-order valence-electron chi connectivity index (χ3n) is 5.98. The fourth-order valence-corrected chi connectivity index (χ4v) is 5.43. The molecule has 33 heavy (non-hydrogen) atoms. The number of benzene rings is 2. The summed E-state index contributed by atoms with van der Waals surface area (Å²) in [5.41, 5.74) is 2.15. The molecule has 0 aromatic heterocycles. The second kappa shape index (κ2) is 9.24. The third-order valence-corrected chi connectivity index (χ3v) is 7.38. The Morgan fingerprint density at radius 2 is 1.79 bits per heavy atom. The summed E-state index contributed by atoms with van der Waals surface area (Å²) in [6.45, 7) is 6.49. The summed E-state index contributed by atoms with van der Waals surface area (Å²) in [5, 5.41) is 9.01. The van der Waals surface area contributed by atoms with Gasteiger partial charge in [0.25, 0.3) is 10.0 Å². The molecule has 4 rings (SSSR count). The molecule has 2 aromatic rings. The van der Waals surface area contributed by atoms with Crippen LogP contribution in [0.15, 0.2) is 58.4 Å². The lowest BCUT2D eigenvalue weighted by molar-refractivity contribution is -0.133. The largest absolute Gasteiger partial charge is 0.370 e. The van der Waals surface area contributed by atoms with E-state index >= 15 is 0 Å². The van der Waals surface area contributed by atoms with Crippen molar-refractivity contribution in [1.82, 2.24) is 9.62 Å². The van der Waals surface area contributed by atoms with Crippen LogP contribution in [-0.4, -0.2) is 57.3 Å². The zero-order chi connectivity index (χ0) is 23.6. The lowest BCUT2D eigenvalue weighted by atomic mass is 10.0. The van der Waals surface area contributed by atoms with Gasteiger partial charge >= 0.3 is 0 Å². The molecule has 1 saturated heterocycles. The Bertz CT molecular complexity index is 1220. The number of hydrogen-bond donors (Lipinski definition) is 1. The molecule has 8 nitrogen and oxygen atoms in total.